The van der Waals surface area contributed by atoms with E-state index in [4.69, 9.17) is 0 Å². The molecular formula is C16H22N4O2. The number of amides is 3. The van der Waals surface area contributed by atoms with Crippen LogP contribution < -0.4 is 0 Å². The van der Waals surface area contributed by atoms with Crippen molar-refractivity contribution < 1.29 is 9.59 Å². The second-order valence-electron chi connectivity index (χ2n) is 6.47. The molecule has 118 valence electrons. The maximum atomic E-state index is 12.5. The number of aromatic nitrogens is 1. The Labute approximate surface area is 130 Å². The number of carbonyl (C=O) groups is 2. The van der Waals surface area contributed by atoms with E-state index in [2.05, 4.69) is 4.98 Å². The van der Waals surface area contributed by atoms with E-state index in [1.54, 1.807) is 31.4 Å². The largest absolute Gasteiger partial charge is 0.337 e. The first-order valence-electron chi connectivity index (χ1n) is 7.66. The average Bonchev–Trinajstić information content (AvgIpc) is 2.55. The fourth-order valence-corrected chi connectivity index (χ4v) is 3.37. The maximum Gasteiger partial charge on any atom is 0.319 e. The molecule has 0 N–H and O–H groups in total. The van der Waals surface area contributed by atoms with Crippen molar-refractivity contribution in [1.29, 1.82) is 0 Å². The summed E-state index contributed by atoms with van der Waals surface area (Å²) >= 11 is 0. The molecule has 3 rings (SSSR count). The highest BCUT2D eigenvalue weighted by molar-refractivity contribution is 5.89. The Kier molecular flexibility index (Phi) is 3.76. The van der Waals surface area contributed by atoms with Gasteiger partial charge in [-0.3, -0.25) is 9.78 Å². The van der Waals surface area contributed by atoms with Crippen molar-refractivity contribution in [2.24, 2.45) is 5.41 Å². The minimum Gasteiger partial charge on any atom is -0.337 e. The Morgan fingerprint density at radius 1 is 1.36 bits per heavy atom. The first kappa shape index (κ1) is 14.8. The third kappa shape index (κ3) is 2.53. The lowest BCUT2D eigenvalue weighted by Gasteiger charge is -2.52. The Balaban J connectivity index is 1.56. The van der Waals surface area contributed by atoms with Gasteiger partial charge in [0, 0.05) is 52.7 Å². The lowest BCUT2D eigenvalue weighted by molar-refractivity contribution is -0.165. The summed E-state index contributed by atoms with van der Waals surface area (Å²) in [6.07, 6.45) is 5.08. The number of urea groups is 1. The molecule has 2 saturated heterocycles. The summed E-state index contributed by atoms with van der Waals surface area (Å²) in [5, 5.41) is 0. The zero-order valence-corrected chi connectivity index (χ0v) is 13.2. The van der Waals surface area contributed by atoms with Gasteiger partial charge in [-0.1, -0.05) is 6.07 Å². The van der Waals surface area contributed by atoms with Crippen molar-refractivity contribution in [2.45, 2.75) is 19.4 Å². The van der Waals surface area contributed by atoms with Gasteiger partial charge in [0.05, 0.1) is 5.41 Å². The number of hydrogen-bond donors (Lipinski definition) is 0. The molecule has 2 fully saturated rings. The van der Waals surface area contributed by atoms with Crippen LogP contribution in [0.3, 0.4) is 0 Å². The van der Waals surface area contributed by atoms with Gasteiger partial charge in [0.2, 0.25) is 5.91 Å². The molecule has 6 nitrogen and oxygen atoms in total. The molecule has 6 heteroatoms. The summed E-state index contributed by atoms with van der Waals surface area (Å²) in [5.74, 6) is 0.230. The topological polar surface area (TPSA) is 56.8 Å². The van der Waals surface area contributed by atoms with Crippen LogP contribution in [0.25, 0.3) is 0 Å². The summed E-state index contributed by atoms with van der Waals surface area (Å²) in [7, 11) is 3.52. The van der Waals surface area contributed by atoms with Crippen LogP contribution in [0.2, 0.25) is 0 Å². The third-order valence-electron chi connectivity index (χ3n) is 4.70. The molecule has 2 aliphatic heterocycles. The van der Waals surface area contributed by atoms with Crippen molar-refractivity contribution in [3.63, 3.8) is 0 Å². The smallest absolute Gasteiger partial charge is 0.319 e. The molecule has 3 amide bonds. The molecule has 3 heterocycles. The highest BCUT2D eigenvalue weighted by Crippen LogP contribution is 2.42. The average molecular weight is 302 g/mol. The van der Waals surface area contributed by atoms with Gasteiger partial charge in [0.1, 0.15) is 0 Å². The molecule has 1 aromatic heterocycles. The van der Waals surface area contributed by atoms with E-state index in [0.717, 1.165) is 24.9 Å². The van der Waals surface area contributed by atoms with Gasteiger partial charge < -0.3 is 14.7 Å². The molecule has 0 aliphatic carbocycles. The number of nitrogens with zero attached hydrogens (tertiary/aromatic N) is 4. The first-order chi connectivity index (χ1) is 10.5. The predicted molar refractivity (Wildman–Crippen MR) is 82.0 cm³/mol. The van der Waals surface area contributed by atoms with Crippen LogP contribution in [0.1, 0.15) is 18.4 Å². The molecule has 22 heavy (non-hydrogen) atoms. The van der Waals surface area contributed by atoms with E-state index < -0.39 is 0 Å². The number of β-lactam (4-membered cyclic amide) rings is 1. The fourth-order valence-electron chi connectivity index (χ4n) is 3.37. The molecule has 1 spiro atoms. The Hall–Kier alpha value is -2.11. The van der Waals surface area contributed by atoms with Crippen LogP contribution in [0, 0.1) is 5.41 Å². The van der Waals surface area contributed by atoms with Crippen LogP contribution in [0.4, 0.5) is 4.79 Å². The molecule has 1 aromatic rings. The van der Waals surface area contributed by atoms with E-state index >= 15 is 0 Å². The van der Waals surface area contributed by atoms with Gasteiger partial charge in [-0.05, 0) is 24.5 Å². The minimum absolute atomic E-state index is 0.0360. The maximum absolute atomic E-state index is 12.5. The number of carbonyl (C=O) groups excluding carboxylic acids is 2. The molecule has 0 unspecified atom stereocenters. The molecule has 0 aromatic carbocycles. The number of piperidine rings is 1. The second kappa shape index (κ2) is 5.59. The number of hydrogen-bond acceptors (Lipinski definition) is 3. The Morgan fingerprint density at radius 2 is 2.09 bits per heavy atom. The van der Waals surface area contributed by atoms with E-state index in [9.17, 15) is 9.59 Å². The number of pyridine rings is 1. The summed E-state index contributed by atoms with van der Waals surface area (Å²) in [6.45, 7) is 2.77. The van der Waals surface area contributed by atoms with Gasteiger partial charge in [0.25, 0.3) is 0 Å². The van der Waals surface area contributed by atoms with E-state index in [-0.39, 0.29) is 17.4 Å². The Morgan fingerprint density at radius 3 is 2.64 bits per heavy atom. The number of rotatable bonds is 2. The summed E-state index contributed by atoms with van der Waals surface area (Å²) in [4.78, 5) is 33.9. The lowest BCUT2D eigenvalue weighted by atomic mass is 9.71. The summed E-state index contributed by atoms with van der Waals surface area (Å²) < 4.78 is 0. The highest BCUT2D eigenvalue weighted by Gasteiger charge is 2.53. The van der Waals surface area contributed by atoms with Gasteiger partial charge in [-0.2, -0.15) is 0 Å². The first-order valence-corrected chi connectivity index (χ1v) is 7.66. The van der Waals surface area contributed by atoms with E-state index in [1.807, 2.05) is 21.9 Å². The van der Waals surface area contributed by atoms with E-state index in [1.165, 1.54) is 0 Å². The number of likely N-dealkylation sites (tertiary alicyclic amines) is 2. The Bertz CT molecular complexity index is 565. The SMILES string of the molecule is CN(C)C(=O)N1CCC2(CC1)CN(Cc1cccnc1)C2=O. The summed E-state index contributed by atoms with van der Waals surface area (Å²) in [6, 6.07) is 3.92. The molecule has 2 aliphatic rings. The van der Waals surface area contributed by atoms with Crippen LogP contribution >= 0.6 is 0 Å². The zero-order chi connectivity index (χ0) is 15.7. The molecular weight excluding hydrogens is 280 g/mol. The standard InChI is InChI=1S/C16H22N4O2/c1-18(2)15(22)19-8-5-16(6-9-19)12-20(14(16)21)11-13-4-3-7-17-10-13/h3-4,7,10H,5-6,8-9,11-12H2,1-2H3. The van der Waals surface area contributed by atoms with Crippen molar-refractivity contribution in [1.82, 2.24) is 19.7 Å². The van der Waals surface area contributed by atoms with Crippen LogP contribution in [-0.2, 0) is 11.3 Å². The van der Waals surface area contributed by atoms with Gasteiger partial charge >= 0.3 is 6.03 Å². The van der Waals surface area contributed by atoms with Crippen LogP contribution in [0.15, 0.2) is 24.5 Å². The highest BCUT2D eigenvalue weighted by atomic mass is 16.2. The minimum atomic E-state index is -0.231. The summed E-state index contributed by atoms with van der Waals surface area (Å²) in [5.41, 5.74) is 0.830. The van der Waals surface area contributed by atoms with Gasteiger partial charge in [-0.15, -0.1) is 0 Å². The molecule has 0 bridgehead atoms. The van der Waals surface area contributed by atoms with Crippen molar-refractivity contribution in [2.75, 3.05) is 33.7 Å². The fraction of sp³-hybridized carbons (Fsp3) is 0.562. The monoisotopic (exact) mass is 302 g/mol. The normalized spacial score (nSPS) is 20.0. The van der Waals surface area contributed by atoms with Crippen molar-refractivity contribution >= 4 is 11.9 Å². The predicted octanol–water partition coefficient (Wildman–Crippen LogP) is 1.19. The quantitative estimate of drug-likeness (QED) is 0.771. The van der Waals surface area contributed by atoms with Crippen LogP contribution in [-0.4, -0.2) is 65.4 Å². The molecule has 0 radical (unpaired) electrons. The van der Waals surface area contributed by atoms with Crippen molar-refractivity contribution in [3.05, 3.63) is 30.1 Å². The molecule has 0 saturated carbocycles. The van der Waals surface area contributed by atoms with Gasteiger partial charge in [0.15, 0.2) is 0 Å². The van der Waals surface area contributed by atoms with E-state index in [0.29, 0.717) is 19.6 Å². The second-order valence-corrected chi connectivity index (χ2v) is 6.47. The van der Waals surface area contributed by atoms with Crippen LogP contribution in [0.5, 0.6) is 0 Å². The zero-order valence-electron chi connectivity index (χ0n) is 13.2. The lowest BCUT2D eigenvalue weighted by Crippen LogP contribution is -2.64. The van der Waals surface area contributed by atoms with Gasteiger partial charge in [-0.25, -0.2) is 4.79 Å². The van der Waals surface area contributed by atoms with Crippen molar-refractivity contribution in [3.8, 4) is 0 Å². The molecule has 0 atom stereocenters. The third-order valence-corrected chi connectivity index (χ3v) is 4.70.